The van der Waals surface area contributed by atoms with Gasteiger partial charge in [-0.3, -0.25) is 4.79 Å². The lowest BCUT2D eigenvalue weighted by Crippen LogP contribution is -2.10. The van der Waals surface area contributed by atoms with E-state index in [-0.39, 0.29) is 11.9 Å². The average Bonchev–Trinajstić information content (AvgIpc) is 2.92. The van der Waals surface area contributed by atoms with Crippen molar-refractivity contribution in [3.63, 3.8) is 0 Å². The molecule has 1 N–H and O–H groups in total. The summed E-state index contributed by atoms with van der Waals surface area (Å²) in [5.41, 5.74) is 5.59. The van der Waals surface area contributed by atoms with Crippen molar-refractivity contribution in [1.82, 2.24) is 4.98 Å². The Hall–Kier alpha value is -2.55. The van der Waals surface area contributed by atoms with Gasteiger partial charge in [-0.15, -0.1) is 0 Å². The van der Waals surface area contributed by atoms with Crippen molar-refractivity contribution in [3.05, 3.63) is 59.8 Å². The zero-order valence-electron chi connectivity index (χ0n) is 13.0. The van der Waals surface area contributed by atoms with Gasteiger partial charge in [-0.25, -0.2) is 0 Å². The lowest BCUT2D eigenvalue weighted by Gasteiger charge is -2.10. The molecule has 0 spiro atoms. The van der Waals surface area contributed by atoms with Crippen LogP contribution in [0.15, 0.2) is 48.5 Å². The van der Waals surface area contributed by atoms with Crippen LogP contribution in [0.5, 0.6) is 0 Å². The fourth-order valence-corrected chi connectivity index (χ4v) is 2.73. The number of fused-ring (bicyclic) bond motifs is 1. The molecule has 0 amide bonds. The summed E-state index contributed by atoms with van der Waals surface area (Å²) in [4.78, 5) is 14.9. The Morgan fingerprint density at radius 3 is 2.41 bits per heavy atom. The number of hydrogen-bond acceptors (Lipinski definition) is 2. The van der Waals surface area contributed by atoms with Crippen LogP contribution in [0.4, 0.5) is 0 Å². The smallest absolute Gasteiger partial charge is 0.312 e. The Bertz CT molecular complexity index is 815. The van der Waals surface area contributed by atoms with Crippen LogP contribution in [-0.4, -0.2) is 18.1 Å². The Morgan fingerprint density at radius 2 is 1.73 bits per heavy atom. The van der Waals surface area contributed by atoms with Gasteiger partial charge in [-0.2, -0.15) is 0 Å². The zero-order valence-corrected chi connectivity index (χ0v) is 13.0. The highest BCUT2D eigenvalue weighted by atomic mass is 16.5. The summed E-state index contributed by atoms with van der Waals surface area (Å²) in [6, 6.07) is 16.6. The number of benzene rings is 2. The van der Waals surface area contributed by atoms with Crippen LogP contribution in [0, 0.1) is 6.92 Å². The number of aromatic amines is 1. The number of H-pyrrole nitrogens is 1. The van der Waals surface area contributed by atoms with Crippen molar-refractivity contribution < 1.29 is 9.53 Å². The summed E-state index contributed by atoms with van der Waals surface area (Å²) in [6.45, 7) is 3.91. The fourth-order valence-electron chi connectivity index (χ4n) is 2.73. The molecule has 0 radical (unpaired) electrons. The van der Waals surface area contributed by atoms with Crippen molar-refractivity contribution in [1.29, 1.82) is 0 Å². The summed E-state index contributed by atoms with van der Waals surface area (Å²) >= 11 is 0. The highest BCUT2D eigenvalue weighted by molar-refractivity contribution is 5.86. The molecular formula is C19H19NO2. The average molecular weight is 293 g/mol. The molecule has 1 aromatic heterocycles. The molecule has 3 nitrogen and oxygen atoms in total. The number of hydrogen-bond donors (Lipinski definition) is 1. The molecule has 0 saturated carbocycles. The van der Waals surface area contributed by atoms with E-state index >= 15 is 0 Å². The number of rotatable bonds is 3. The molecule has 22 heavy (non-hydrogen) atoms. The maximum atomic E-state index is 11.6. The maximum Gasteiger partial charge on any atom is 0.312 e. The van der Waals surface area contributed by atoms with E-state index in [0.29, 0.717) is 0 Å². The van der Waals surface area contributed by atoms with Crippen LogP contribution in [0.1, 0.15) is 24.1 Å². The Balaban J connectivity index is 1.92. The van der Waals surface area contributed by atoms with Crippen LogP contribution >= 0.6 is 0 Å². The molecule has 112 valence electrons. The summed E-state index contributed by atoms with van der Waals surface area (Å²) in [5.74, 6) is -0.453. The summed E-state index contributed by atoms with van der Waals surface area (Å²) in [7, 11) is 1.42. The van der Waals surface area contributed by atoms with E-state index in [1.807, 2.05) is 19.1 Å². The molecule has 3 rings (SSSR count). The van der Waals surface area contributed by atoms with Crippen LogP contribution in [0.3, 0.4) is 0 Å². The summed E-state index contributed by atoms with van der Waals surface area (Å²) in [5, 5.41) is 1.21. The van der Waals surface area contributed by atoms with Gasteiger partial charge in [0.15, 0.2) is 0 Å². The number of aryl methyl sites for hydroxylation is 1. The molecule has 3 heteroatoms. The highest BCUT2D eigenvalue weighted by Gasteiger charge is 2.15. The van der Waals surface area contributed by atoms with E-state index in [1.165, 1.54) is 18.1 Å². The number of methoxy groups -OCH3 is 1. The van der Waals surface area contributed by atoms with Gasteiger partial charge in [0.25, 0.3) is 0 Å². The van der Waals surface area contributed by atoms with Gasteiger partial charge in [0.1, 0.15) is 0 Å². The second kappa shape index (κ2) is 5.68. The number of carbonyl (C=O) groups excluding carboxylic acids is 1. The van der Waals surface area contributed by atoms with Gasteiger partial charge in [-0.1, -0.05) is 30.3 Å². The molecule has 0 saturated heterocycles. The molecule has 1 atom stereocenters. The van der Waals surface area contributed by atoms with E-state index in [9.17, 15) is 4.79 Å². The second-order valence-corrected chi connectivity index (χ2v) is 5.62. The molecule has 0 bridgehead atoms. The largest absolute Gasteiger partial charge is 0.469 e. The molecule has 0 aliphatic carbocycles. The SMILES string of the molecule is COC(=O)[C@@H](C)c1ccc(-c2ccc3[nH]c(C)cc3c2)cc1. The first kappa shape index (κ1) is 14.4. The first-order valence-corrected chi connectivity index (χ1v) is 7.36. The van der Waals surface area contributed by atoms with Crippen molar-refractivity contribution in [2.24, 2.45) is 0 Å². The molecule has 0 unspecified atom stereocenters. The molecule has 3 aromatic rings. The first-order chi connectivity index (χ1) is 10.6. The van der Waals surface area contributed by atoms with Gasteiger partial charge < -0.3 is 9.72 Å². The summed E-state index contributed by atoms with van der Waals surface area (Å²) < 4.78 is 4.79. The fraction of sp³-hybridized carbons (Fsp3) is 0.211. The van der Waals surface area contributed by atoms with Crippen molar-refractivity contribution >= 4 is 16.9 Å². The zero-order chi connectivity index (χ0) is 15.7. The second-order valence-electron chi connectivity index (χ2n) is 5.62. The molecule has 2 aromatic carbocycles. The van der Waals surface area contributed by atoms with Crippen LogP contribution < -0.4 is 0 Å². The molecular weight excluding hydrogens is 274 g/mol. The number of carbonyl (C=O) groups is 1. The van der Waals surface area contributed by atoms with Gasteiger partial charge in [0.2, 0.25) is 0 Å². The molecule has 0 fully saturated rings. The Kier molecular flexibility index (Phi) is 3.72. The number of esters is 1. The quantitative estimate of drug-likeness (QED) is 0.726. The third-order valence-corrected chi connectivity index (χ3v) is 4.05. The van der Waals surface area contributed by atoms with E-state index in [2.05, 4.69) is 48.3 Å². The minimum atomic E-state index is -0.242. The van der Waals surface area contributed by atoms with Crippen molar-refractivity contribution in [2.75, 3.05) is 7.11 Å². The van der Waals surface area contributed by atoms with Crippen molar-refractivity contribution in [3.8, 4) is 11.1 Å². The van der Waals surface area contributed by atoms with Crippen LogP contribution in [0.25, 0.3) is 22.0 Å². The van der Waals surface area contributed by atoms with Gasteiger partial charge in [-0.05, 0) is 48.7 Å². The number of aromatic nitrogens is 1. The van der Waals surface area contributed by atoms with Gasteiger partial charge in [0, 0.05) is 16.6 Å². The van der Waals surface area contributed by atoms with Crippen molar-refractivity contribution in [2.45, 2.75) is 19.8 Å². The lowest BCUT2D eigenvalue weighted by atomic mass is 9.97. The predicted molar refractivity (Wildman–Crippen MR) is 88.9 cm³/mol. The van der Waals surface area contributed by atoms with Gasteiger partial charge in [0.05, 0.1) is 13.0 Å². The number of ether oxygens (including phenoxy) is 1. The first-order valence-electron chi connectivity index (χ1n) is 7.36. The maximum absolute atomic E-state index is 11.6. The van der Waals surface area contributed by atoms with E-state index in [4.69, 9.17) is 4.74 Å². The third-order valence-electron chi connectivity index (χ3n) is 4.05. The van der Waals surface area contributed by atoms with E-state index in [0.717, 1.165) is 22.3 Å². The number of nitrogens with one attached hydrogen (secondary N) is 1. The summed E-state index contributed by atoms with van der Waals surface area (Å²) in [6.07, 6.45) is 0. The monoisotopic (exact) mass is 293 g/mol. The minimum absolute atomic E-state index is 0.211. The molecule has 1 heterocycles. The lowest BCUT2D eigenvalue weighted by molar-refractivity contribution is -0.141. The standard InChI is InChI=1S/C19H19NO2/c1-12-10-17-11-16(8-9-18(17)20-12)15-6-4-14(5-7-15)13(2)19(21)22-3/h4-11,13,20H,1-3H3/t13-/m0/s1. The highest BCUT2D eigenvalue weighted by Crippen LogP contribution is 2.26. The predicted octanol–water partition coefficient (Wildman–Crippen LogP) is 4.42. The molecule has 0 aliphatic heterocycles. The topological polar surface area (TPSA) is 42.1 Å². The molecule has 0 aliphatic rings. The van der Waals surface area contributed by atoms with Gasteiger partial charge >= 0.3 is 5.97 Å². The third kappa shape index (κ3) is 2.62. The van der Waals surface area contributed by atoms with E-state index in [1.54, 1.807) is 0 Å². The minimum Gasteiger partial charge on any atom is -0.469 e. The normalized spacial score (nSPS) is 12.3. The Morgan fingerprint density at radius 1 is 1.05 bits per heavy atom. The van der Waals surface area contributed by atoms with E-state index < -0.39 is 0 Å². The van der Waals surface area contributed by atoms with Crippen LogP contribution in [0.2, 0.25) is 0 Å². The Labute approximate surface area is 129 Å². The van der Waals surface area contributed by atoms with Crippen LogP contribution in [-0.2, 0) is 9.53 Å².